The normalized spacial score (nSPS) is 37.9. The SMILES string of the molecule is CC1CN(C(=O)OC(C)(C)C)CC2(C)OC12. The minimum absolute atomic E-state index is 0.130. The zero-order valence-electron chi connectivity index (χ0n) is 10.7. The Hall–Kier alpha value is -0.770. The average Bonchev–Trinajstić information content (AvgIpc) is 2.74. The molecule has 3 atom stereocenters. The summed E-state index contributed by atoms with van der Waals surface area (Å²) < 4.78 is 11.0. The van der Waals surface area contributed by atoms with Gasteiger partial charge in [-0.05, 0) is 27.7 Å². The Labute approximate surface area is 96.9 Å². The lowest BCUT2D eigenvalue weighted by molar-refractivity contribution is 0.0165. The Balaban J connectivity index is 1.98. The van der Waals surface area contributed by atoms with Crippen molar-refractivity contribution in [3.05, 3.63) is 0 Å². The fraction of sp³-hybridized carbons (Fsp3) is 0.917. The zero-order chi connectivity index (χ0) is 12.1. The number of hydrogen-bond donors (Lipinski definition) is 0. The summed E-state index contributed by atoms with van der Waals surface area (Å²) in [6, 6.07) is 0. The fourth-order valence-electron chi connectivity index (χ4n) is 2.45. The molecule has 3 unspecified atom stereocenters. The number of carbonyl (C=O) groups is 1. The topological polar surface area (TPSA) is 42.1 Å². The van der Waals surface area contributed by atoms with Gasteiger partial charge in [-0.25, -0.2) is 4.79 Å². The molecule has 0 radical (unpaired) electrons. The van der Waals surface area contributed by atoms with Crippen molar-refractivity contribution in [1.29, 1.82) is 0 Å². The first-order chi connectivity index (χ1) is 7.21. The first-order valence-electron chi connectivity index (χ1n) is 5.87. The molecule has 0 bridgehead atoms. The average molecular weight is 227 g/mol. The minimum Gasteiger partial charge on any atom is -0.444 e. The lowest BCUT2D eigenvalue weighted by Gasteiger charge is -2.33. The predicted octanol–water partition coefficient (Wildman–Crippen LogP) is 2.03. The number of hydrogen-bond acceptors (Lipinski definition) is 3. The summed E-state index contributed by atoms with van der Waals surface area (Å²) >= 11 is 0. The molecule has 0 aromatic heterocycles. The molecule has 0 spiro atoms. The maximum atomic E-state index is 11.9. The van der Waals surface area contributed by atoms with Crippen LogP contribution in [0.25, 0.3) is 0 Å². The standard InChI is InChI=1S/C12H21NO3/c1-8-6-13(7-12(5)9(8)15-12)10(14)16-11(2,3)4/h8-9H,6-7H2,1-5H3. The molecule has 0 aliphatic carbocycles. The van der Waals surface area contributed by atoms with Crippen LogP contribution in [0.5, 0.6) is 0 Å². The molecular formula is C12H21NO3. The lowest BCUT2D eigenvalue weighted by atomic mass is 9.92. The molecule has 2 aliphatic heterocycles. The van der Waals surface area contributed by atoms with Gasteiger partial charge in [0, 0.05) is 12.5 Å². The van der Waals surface area contributed by atoms with E-state index in [4.69, 9.17) is 9.47 Å². The van der Waals surface area contributed by atoms with E-state index in [2.05, 4.69) is 13.8 Å². The van der Waals surface area contributed by atoms with Crippen LogP contribution in [0.3, 0.4) is 0 Å². The first kappa shape index (κ1) is 11.7. The van der Waals surface area contributed by atoms with Crippen LogP contribution in [0.1, 0.15) is 34.6 Å². The molecule has 4 heteroatoms. The first-order valence-corrected chi connectivity index (χ1v) is 5.87. The van der Waals surface area contributed by atoms with Crippen molar-refractivity contribution in [1.82, 2.24) is 4.90 Å². The molecule has 2 heterocycles. The summed E-state index contributed by atoms with van der Waals surface area (Å²) in [6.07, 6.45) is 0.0979. The summed E-state index contributed by atoms with van der Waals surface area (Å²) in [6.45, 7) is 11.2. The van der Waals surface area contributed by atoms with E-state index < -0.39 is 5.60 Å². The van der Waals surface area contributed by atoms with Crippen molar-refractivity contribution in [2.45, 2.75) is 51.9 Å². The number of rotatable bonds is 0. The van der Waals surface area contributed by atoms with Crippen molar-refractivity contribution in [3.63, 3.8) is 0 Å². The predicted molar refractivity (Wildman–Crippen MR) is 60.2 cm³/mol. The van der Waals surface area contributed by atoms with Gasteiger partial charge in [0.15, 0.2) is 0 Å². The highest BCUT2D eigenvalue weighted by Crippen LogP contribution is 2.45. The number of likely N-dealkylation sites (tertiary alicyclic amines) is 1. The Morgan fingerprint density at radius 1 is 1.50 bits per heavy atom. The van der Waals surface area contributed by atoms with Crippen LogP contribution in [-0.2, 0) is 9.47 Å². The number of carbonyl (C=O) groups excluding carboxylic acids is 1. The van der Waals surface area contributed by atoms with Crippen LogP contribution < -0.4 is 0 Å². The molecule has 16 heavy (non-hydrogen) atoms. The third-order valence-electron chi connectivity index (χ3n) is 3.12. The fourth-order valence-corrected chi connectivity index (χ4v) is 2.45. The third kappa shape index (κ3) is 2.17. The highest BCUT2D eigenvalue weighted by Gasteiger charge is 2.59. The Kier molecular flexibility index (Phi) is 2.46. The highest BCUT2D eigenvalue weighted by molar-refractivity contribution is 5.68. The summed E-state index contributed by atoms with van der Waals surface area (Å²) in [7, 11) is 0. The Morgan fingerprint density at radius 3 is 2.62 bits per heavy atom. The molecule has 4 nitrogen and oxygen atoms in total. The van der Waals surface area contributed by atoms with E-state index in [0.717, 1.165) is 6.54 Å². The Bertz CT molecular complexity index is 310. The monoisotopic (exact) mass is 227 g/mol. The maximum Gasteiger partial charge on any atom is 0.410 e. The number of nitrogens with zero attached hydrogens (tertiary/aromatic N) is 1. The second-order valence-electron chi connectivity index (χ2n) is 6.19. The second kappa shape index (κ2) is 3.36. The molecule has 0 saturated carbocycles. The van der Waals surface area contributed by atoms with Crippen LogP contribution in [-0.4, -0.2) is 41.4 Å². The van der Waals surface area contributed by atoms with Gasteiger partial charge >= 0.3 is 6.09 Å². The second-order valence-corrected chi connectivity index (χ2v) is 6.19. The quantitative estimate of drug-likeness (QED) is 0.595. The summed E-state index contributed by atoms with van der Waals surface area (Å²) in [5.41, 5.74) is -0.558. The van der Waals surface area contributed by atoms with Crippen molar-refractivity contribution in [2.75, 3.05) is 13.1 Å². The van der Waals surface area contributed by atoms with E-state index in [1.165, 1.54) is 0 Å². The summed E-state index contributed by atoms with van der Waals surface area (Å²) in [4.78, 5) is 13.7. The Morgan fingerprint density at radius 2 is 2.12 bits per heavy atom. The van der Waals surface area contributed by atoms with Crippen LogP contribution in [0.15, 0.2) is 0 Å². The highest BCUT2D eigenvalue weighted by atomic mass is 16.6. The van der Waals surface area contributed by atoms with E-state index in [9.17, 15) is 4.79 Å². The molecule has 2 saturated heterocycles. The van der Waals surface area contributed by atoms with E-state index in [-0.39, 0.29) is 11.7 Å². The largest absolute Gasteiger partial charge is 0.444 e. The van der Waals surface area contributed by atoms with Gasteiger partial charge in [-0.3, -0.25) is 0 Å². The molecule has 92 valence electrons. The van der Waals surface area contributed by atoms with Gasteiger partial charge in [-0.2, -0.15) is 0 Å². The van der Waals surface area contributed by atoms with E-state index in [1.54, 1.807) is 4.90 Å². The molecule has 2 aliphatic rings. The van der Waals surface area contributed by atoms with Crippen LogP contribution in [0, 0.1) is 5.92 Å². The number of fused-ring (bicyclic) bond motifs is 1. The van der Waals surface area contributed by atoms with Crippen LogP contribution in [0.4, 0.5) is 4.79 Å². The van der Waals surface area contributed by atoms with Crippen molar-refractivity contribution in [3.8, 4) is 0 Å². The van der Waals surface area contributed by atoms with Gasteiger partial charge < -0.3 is 14.4 Å². The smallest absolute Gasteiger partial charge is 0.410 e. The minimum atomic E-state index is -0.428. The van der Waals surface area contributed by atoms with Crippen LogP contribution in [0.2, 0.25) is 0 Å². The van der Waals surface area contributed by atoms with Crippen molar-refractivity contribution in [2.24, 2.45) is 5.92 Å². The third-order valence-corrected chi connectivity index (χ3v) is 3.12. The van der Waals surface area contributed by atoms with Gasteiger partial charge in [0.1, 0.15) is 11.2 Å². The summed E-state index contributed by atoms with van der Waals surface area (Å²) in [5.74, 6) is 0.395. The molecule has 0 N–H and O–H groups in total. The van der Waals surface area contributed by atoms with Crippen molar-refractivity contribution < 1.29 is 14.3 Å². The summed E-state index contributed by atoms with van der Waals surface area (Å²) in [5, 5.41) is 0. The molecule has 1 amide bonds. The molecule has 0 aromatic rings. The van der Waals surface area contributed by atoms with Gasteiger partial charge in [0.2, 0.25) is 0 Å². The van der Waals surface area contributed by atoms with Gasteiger partial charge in [-0.15, -0.1) is 0 Å². The van der Waals surface area contributed by atoms with E-state index >= 15 is 0 Å². The van der Waals surface area contributed by atoms with Gasteiger partial charge in [0.05, 0.1) is 12.6 Å². The number of piperidine rings is 1. The zero-order valence-corrected chi connectivity index (χ0v) is 10.7. The van der Waals surface area contributed by atoms with E-state index in [0.29, 0.717) is 18.6 Å². The van der Waals surface area contributed by atoms with Crippen LogP contribution >= 0.6 is 0 Å². The molecule has 2 rings (SSSR count). The van der Waals surface area contributed by atoms with Crippen molar-refractivity contribution >= 4 is 6.09 Å². The lowest BCUT2D eigenvalue weighted by Crippen LogP contribution is -2.48. The number of amides is 1. The molecular weight excluding hydrogens is 206 g/mol. The maximum absolute atomic E-state index is 11.9. The molecule has 2 fully saturated rings. The van der Waals surface area contributed by atoms with Gasteiger partial charge in [-0.1, -0.05) is 6.92 Å². The molecule has 0 aromatic carbocycles. The number of epoxide rings is 1. The van der Waals surface area contributed by atoms with Gasteiger partial charge in [0.25, 0.3) is 0 Å². The number of ether oxygens (including phenoxy) is 2. The van der Waals surface area contributed by atoms with E-state index in [1.807, 2.05) is 20.8 Å².